The number of oxime groups is 1. The van der Waals surface area contributed by atoms with Crippen molar-refractivity contribution < 1.29 is 10.0 Å². The molecule has 0 spiro atoms. The van der Waals surface area contributed by atoms with Gasteiger partial charge in [-0.2, -0.15) is 0 Å². The lowest BCUT2D eigenvalue weighted by Crippen LogP contribution is -2.46. The predicted octanol–water partition coefficient (Wildman–Crippen LogP) is 0.645. The van der Waals surface area contributed by atoms with Gasteiger partial charge in [0, 0.05) is 6.20 Å². The van der Waals surface area contributed by atoms with Gasteiger partial charge in [0.05, 0.1) is 6.04 Å². The molecule has 0 aromatic carbocycles. The first-order chi connectivity index (χ1) is 8.63. The number of hydrogen-bond donors (Lipinski definition) is 3. The van der Waals surface area contributed by atoms with Gasteiger partial charge in [0.15, 0.2) is 5.84 Å². The second kappa shape index (κ2) is 5.03. The molecule has 4 N–H and O–H groups in total. The summed E-state index contributed by atoms with van der Waals surface area (Å²) in [6, 6.07) is 3.18. The van der Waals surface area contributed by atoms with E-state index >= 15 is 0 Å². The Morgan fingerprint density at radius 2 is 2.39 bits per heavy atom. The predicted molar refractivity (Wildman–Crippen MR) is 66.4 cm³/mol. The number of aryl methyl sites for hydroxylation is 1. The van der Waals surface area contributed by atoms with Gasteiger partial charge < -0.3 is 16.3 Å². The maximum absolute atomic E-state index is 12.1. The normalized spacial score (nSPS) is 17.3. The quantitative estimate of drug-likeness (QED) is 0.315. The van der Waals surface area contributed by atoms with Gasteiger partial charge in [-0.3, -0.25) is 9.78 Å². The van der Waals surface area contributed by atoms with E-state index in [1.807, 2.05) is 13.0 Å². The van der Waals surface area contributed by atoms with Crippen LogP contribution < -0.4 is 11.1 Å². The lowest BCUT2D eigenvalue weighted by molar-refractivity contribution is 0.0937. The summed E-state index contributed by atoms with van der Waals surface area (Å²) in [5.41, 5.74) is 6.75. The molecular formula is C12H16N4O2. The largest absolute Gasteiger partial charge is 0.409 e. The third kappa shape index (κ3) is 2.58. The summed E-state index contributed by atoms with van der Waals surface area (Å²) in [6.45, 7) is 1.82. The van der Waals surface area contributed by atoms with E-state index in [1.165, 1.54) is 0 Å². The maximum Gasteiger partial charge on any atom is 0.270 e. The monoisotopic (exact) mass is 248 g/mol. The number of nitrogens with one attached hydrogen (secondary N) is 1. The van der Waals surface area contributed by atoms with Crippen LogP contribution in [0.3, 0.4) is 0 Å². The van der Waals surface area contributed by atoms with Crippen molar-refractivity contribution in [3.8, 4) is 0 Å². The molecule has 1 aromatic rings. The first kappa shape index (κ1) is 12.3. The van der Waals surface area contributed by atoms with Crippen LogP contribution in [0.2, 0.25) is 0 Å². The van der Waals surface area contributed by atoms with Crippen molar-refractivity contribution in [1.29, 1.82) is 0 Å². The first-order valence-corrected chi connectivity index (χ1v) is 5.83. The summed E-state index contributed by atoms with van der Waals surface area (Å²) in [4.78, 5) is 16.1. The Morgan fingerprint density at radius 1 is 1.67 bits per heavy atom. The smallest absolute Gasteiger partial charge is 0.270 e. The Kier molecular flexibility index (Phi) is 3.45. The van der Waals surface area contributed by atoms with Gasteiger partial charge in [-0.05, 0) is 37.3 Å². The van der Waals surface area contributed by atoms with Crippen LogP contribution in [0.1, 0.15) is 28.9 Å². The summed E-state index contributed by atoms with van der Waals surface area (Å²) >= 11 is 0. The number of aromatic nitrogens is 1. The maximum atomic E-state index is 12.1. The summed E-state index contributed by atoms with van der Waals surface area (Å²) in [5, 5.41) is 14.5. The summed E-state index contributed by atoms with van der Waals surface area (Å²) in [6.07, 6.45) is 3.52. The van der Waals surface area contributed by atoms with E-state index in [2.05, 4.69) is 15.5 Å². The molecule has 1 unspecified atom stereocenters. The van der Waals surface area contributed by atoms with E-state index in [-0.39, 0.29) is 17.7 Å². The summed E-state index contributed by atoms with van der Waals surface area (Å²) < 4.78 is 0. The molecule has 0 radical (unpaired) electrons. The third-order valence-corrected chi connectivity index (χ3v) is 3.04. The van der Waals surface area contributed by atoms with Crippen molar-refractivity contribution in [2.75, 3.05) is 0 Å². The average molecular weight is 248 g/mol. The number of hydrogen-bond acceptors (Lipinski definition) is 4. The van der Waals surface area contributed by atoms with Gasteiger partial charge in [0.25, 0.3) is 5.91 Å². The molecule has 0 bridgehead atoms. The molecule has 1 amide bonds. The Balaban J connectivity index is 2.12. The molecule has 96 valence electrons. The minimum absolute atomic E-state index is 0.0411. The van der Waals surface area contributed by atoms with Crippen molar-refractivity contribution in [1.82, 2.24) is 10.3 Å². The number of rotatable bonds is 4. The highest BCUT2D eigenvalue weighted by atomic mass is 16.4. The summed E-state index contributed by atoms with van der Waals surface area (Å²) in [5.74, 6) is 0.00454. The SMILES string of the molecule is Cc1cccnc1C(=O)NC(C(N)=NO)C1CC1. The van der Waals surface area contributed by atoms with Gasteiger partial charge in [-0.15, -0.1) is 0 Å². The van der Waals surface area contributed by atoms with E-state index in [1.54, 1.807) is 12.3 Å². The topological polar surface area (TPSA) is 101 Å². The van der Waals surface area contributed by atoms with Crippen LogP contribution in [0.15, 0.2) is 23.5 Å². The molecule has 2 rings (SSSR count). The molecule has 6 heteroatoms. The van der Waals surface area contributed by atoms with Crippen LogP contribution in [0.5, 0.6) is 0 Å². The molecule has 0 saturated heterocycles. The van der Waals surface area contributed by atoms with Crippen LogP contribution in [0.25, 0.3) is 0 Å². The van der Waals surface area contributed by atoms with Crippen molar-refractivity contribution in [2.24, 2.45) is 16.8 Å². The number of nitrogens with two attached hydrogens (primary N) is 1. The standard InChI is InChI=1S/C12H16N4O2/c1-7-3-2-6-14-9(7)12(17)15-10(8-4-5-8)11(13)16-18/h2-3,6,8,10,18H,4-5H2,1H3,(H2,13,16)(H,15,17). The molecule has 6 nitrogen and oxygen atoms in total. The number of carbonyl (C=O) groups is 1. The number of carbonyl (C=O) groups excluding carboxylic acids is 1. The van der Waals surface area contributed by atoms with E-state index in [0.29, 0.717) is 5.69 Å². The molecular weight excluding hydrogens is 232 g/mol. The zero-order valence-electron chi connectivity index (χ0n) is 10.1. The number of pyridine rings is 1. The number of nitrogens with zero attached hydrogens (tertiary/aromatic N) is 2. The zero-order chi connectivity index (χ0) is 13.1. The van der Waals surface area contributed by atoms with Crippen LogP contribution in [0, 0.1) is 12.8 Å². The van der Waals surface area contributed by atoms with Crippen molar-refractivity contribution in [3.63, 3.8) is 0 Å². The van der Waals surface area contributed by atoms with Gasteiger partial charge in [0.2, 0.25) is 0 Å². The van der Waals surface area contributed by atoms with Crippen LogP contribution in [0.4, 0.5) is 0 Å². The fourth-order valence-corrected chi connectivity index (χ4v) is 1.86. The molecule has 1 fully saturated rings. The number of amidine groups is 1. The van der Waals surface area contributed by atoms with Crippen LogP contribution in [-0.4, -0.2) is 28.0 Å². The lowest BCUT2D eigenvalue weighted by atomic mass is 10.1. The van der Waals surface area contributed by atoms with Crippen LogP contribution >= 0.6 is 0 Å². The summed E-state index contributed by atoms with van der Waals surface area (Å²) in [7, 11) is 0. The molecule has 18 heavy (non-hydrogen) atoms. The highest BCUT2D eigenvalue weighted by molar-refractivity contribution is 5.98. The number of amides is 1. The minimum atomic E-state index is -0.413. The fourth-order valence-electron chi connectivity index (χ4n) is 1.86. The Labute approximate surface area is 105 Å². The van der Waals surface area contributed by atoms with E-state index in [0.717, 1.165) is 18.4 Å². The zero-order valence-corrected chi connectivity index (χ0v) is 10.1. The molecule has 1 aliphatic rings. The van der Waals surface area contributed by atoms with Gasteiger partial charge >= 0.3 is 0 Å². The highest BCUT2D eigenvalue weighted by Gasteiger charge is 2.35. The van der Waals surface area contributed by atoms with Gasteiger partial charge in [-0.1, -0.05) is 11.2 Å². The molecule has 0 aliphatic heterocycles. The first-order valence-electron chi connectivity index (χ1n) is 5.83. The molecule has 1 heterocycles. The van der Waals surface area contributed by atoms with Crippen molar-refractivity contribution in [2.45, 2.75) is 25.8 Å². The van der Waals surface area contributed by atoms with E-state index < -0.39 is 6.04 Å². The molecule has 1 aromatic heterocycles. The third-order valence-electron chi connectivity index (χ3n) is 3.04. The van der Waals surface area contributed by atoms with Crippen molar-refractivity contribution >= 4 is 11.7 Å². The second-order valence-corrected chi connectivity index (χ2v) is 4.48. The highest BCUT2D eigenvalue weighted by Crippen LogP contribution is 2.32. The van der Waals surface area contributed by atoms with Gasteiger partial charge in [0.1, 0.15) is 5.69 Å². The van der Waals surface area contributed by atoms with Crippen LogP contribution in [-0.2, 0) is 0 Å². The minimum Gasteiger partial charge on any atom is -0.409 e. The van der Waals surface area contributed by atoms with E-state index in [9.17, 15) is 4.79 Å². The van der Waals surface area contributed by atoms with E-state index in [4.69, 9.17) is 10.9 Å². The Hall–Kier alpha value is -2.11. The average Bonchev–Trinajstić information content (AvgIpc) is 3.19. The fraction of sp³-hybridized carbons (Fsp3) is 0.417. The second-order valence-electron chi connectivity index (χ2n) is 4.48. The van der Waals surface area contributed by atoms with Crippen molar-refractivity contribution in [3.05, 3.63) is 29.6 Å². The molecule has 1 atom stereocenters. The molecule has 1 saturated carbocycles. The van der Waals surface area contributed by atoms with Gasteiger partial charge in [-0.25, -0.2) is 0 Å². The lowest BCUT2D eigenvalue weighted by Gasteiger charge is -2.16. The Bertz CT molecular complexity index is 483. The molecule has 1 aliphatic carbocycles. The Morgan fingerprint density at radius 3 is 2.94 bits per heavy atom.